The summed E-state index contributed by atoms with van der Waals surface area (Å²) in [5, 5.41) is 8.00. The Labute approximate surface area is 146 Å². The van der Waals surface area contributed by atoms with Crippen LogP contribution < -0.4 is 5.32 Å². The maximum Gasteiger partial charge on any atom is 0.269 e. The van der Waals surface area contributed by atoms with Crippen LogP contribution >= 0.6 is 0 Å². The maximum atomic E-state index is 14.5. The molecule has 3 aromatic heterocycles. The molecule has 5 rings (SSSR count). The minimum absolute atomic E-state index is 0.160. The molecule has 0 atom stereocenters. The molecular formula is C18H13FN6O. The first-order valence-corrected chi connectivity index (χ1v) is 8.15. The van der Waals surface area contributed by atoms with Gasteiger partial charge in [0.1, 0.15) is 17.2 Å². The van der Waals surface area contributed by atoms with Crippen LogP contribution in [0.4, 0.5) is 4.39 Å². The Morgan fingerprint density at radius 2 is 2.08 bits per heavy atom. The number of nitrogens with zero attached hydrogens (tertiary/aromatic N) is 4. The van der Waals surface area contributed by atoms with Crippen molar-refractivity contribution < 1.29 is 9.18 Å². The van der Waals surface area contributed by atoms with Crippen LogP contribution in [0.3, 0.4) is 0 Å². The largest absolute Gasteiger partial charge is 0.361 e. The molecule has 0 saturated heterocycles. The fraction of sp³-hybridized carbons (Fsp3) is 0.111. The van der Waals surface area contributed by atoms with Gasteiger partial charge in [-0.15, -0.1) is 0 Å². The Kier molecular flexibility index (Phi) is 3.11. The van der Waals surface area contributed by atoms with Crippen molar-refractivity contribution in [3.05, 3.63) is 54.2 Å². The molecule has 0 fully saturated rings. The van der Waals surface area contributed by atoms with Crippen LogP contribution in [0.2, 0.25) is 0 Å². The molecule has 0 aliphatic carbocycles. The SMILES string of the molecule is O=C1NCCn2nc(-c3ccnc(-c4cc5[nH]ccc5cc4F)n3)cc21. The average Bonchev–Trinajstić information content (AvgIpc) is 3.28. The highest BCUT2D eigenvalue weighted by Crippen LogP contribution is 2.26. The Morgan fingerprint density at radius 1 is 1.15 bits per heavy atom. The van der Waals surface area contributed by atoms with Gasteiger partial charge in [-0.05, 0) is 30.3 Å². The minimum Gasteiger partial charge on any atom is -0.361 e. The second-order valence-corrected chi connectivity index (χ2v) is 6.06. The fourth-order valence-corrected chi connectivity index (χ4v) is 3.14. The molecule has 26 heavy (non-hydrogen) atoms. The molecule has 0 radical (unpaired) electrons. The number of fused-ring (bicyclic) bond motifs is 2. The molecule has 2 N–H and O–H groups in total. The van der Waals surface area contributed by atoms with Crippen molar-refractivity contribution in [1.82, 2.24) is 30.0 Å². The zero-order chi connectivity index (χ0) is 17.7. The number of carbonyl (C=O) groups excluding carboxylic acids is 1. The van der Waals surface area contributed by atoms with Crippen molar-refractivity contribution in [3.63, 3.8) is 0 Å². The lowest BCUT2D eigenvalue weighted by molar-refractivity contribution is 0.0924. The first-order valence-electron chi connectivity index (χ1n) is 8.15. The van der Waals surface area contributed by atoms with Gasteiger partial charge in [-0.2, -0.15) is 5.10 Å². The first kappa shape index (κ1) is 14.8. The molecule has 0 saturated carbocycles. The predicted molar refractivity (Wildman–Crippen MR) is 92.8 cm³/mol. The van der Waals surface area contributed by atoms with Gasteiger partial charge in [-0.25, -0.2) is 14.4 Å². The number of benzene rings is 1. The summed E-state index contributed by atoms with van der Waals surface area (Å²) in [6.07, 6.45) is 3.32. The van der Waals surface area contributed by atoms with E-state index in [1.54, 1.807) is 41.3 Å². The molecule has 4 aromatic rings. The standard InChI is InChI=1S/C18H13FN6O/c19-12-7-10-1-3-20-14(10)8-11(12)17-21-4-2-13(23-17)15-9-16-18(26)22-5-6-25(16)24-15/h1-4,7-9,20H,5-6H2,(H,22,26). The van der Waals surface area contributed by atoms with Gasteiger partial charge < -0.3 is 10.3 Å². The third kappa shape index (κ3) is 2.26. The van der Waals surface area contributed by atoms with Crippen molar-refractivity contribution in [3.8, 4) is 22.8 Å². The van der Waals surface area contributed by atoms with Crippen LogP contribution in [0.15, 0.2) is 42.7 Å². The van der Waals surface area contributed by atoms with Gasteiger partial charge in [0.2, 0.25) is 0 Å². The summed E-state index contributed by atoms with van der Waals surface area (Å²) in [4.78, 5) is 23.6. The molecule has 4 heterocycles. The van der Waals surface area contributed by atoms with E-state index in [0.717, 1.165) is 10.9 Å². The first-order chi connectivity index (χ1) is 12.7. The summed E-state index contributed by atoms with van der Waals surface area (Å²) in [6.45, 7) is 1.15. The number of halogens is 1. The Bertz CT molecular complexity index is 1160. The van der Waals surface area contributed by atoms with Crippen molar-refractivity contribution >= 4 is 16.8 Å². The number of hydrogen-bond donors (Lipinski definition) is 2. The van der Waals surface area contributed by atoms with E-state index < -0.39 is 5.82 Å². The lowest BCUT2D eigenvalue weighted by Crippen LogP contribution is -2.35. The lowest BCUT2D eigenvalue weighted by atomic mass is 10.1. The van der Waals surface area contributed by atoms with Crippen LogP contribution in [-0.2, 0) is 6.54 Å². The second-order valence-electron chi connectivity index (χ2n) is 6.06. The van der Waals surface area contributed by atoms with E-state index in [1.165, 1.54) is 6.07 Å². The van der Waals surface area contributed by atoms with Crippen molar-refractivity contribution in [2.75, 3.05) is 6.54 Å². The van der Waals surface area contributed by atoms with E-state index >= 15 is 0 Å². The summed E-state index contributed by atoms with van der Waals surface area (Å²) >= 11 is 0. The fourth-order valence-electron chi connectivity index (χ4n) is 3.14. The highest BCUT2D eigenvalue weighted by atomic mass is 19.1. The van der Waals surface area contributed by atoms with E-state index in [0.29, 0.717) is 35.7 Å². The van der Waals surface area contributed by atoms with E-state index in [1.807, 2.05) is 0 Å². The number of nitrogens with one attached hydrogen (secondary N) is 2. The number of rotatable bonds is 2. The van der Waals surface area contributed by atoms with Gasteiger partial charge in [0.15, 0.2) is 5.82 Å². The van der Waals surface area contributed by atoms with Crippen LogP contribution in [0, 0.1) is 5.82 Å². The number of carbonyl (C=O) groups is 1. The Morgan fingerprint density at radius 3 is 2.96 bits per heavy atom. The minimum atomic E-state index is -0.391. The van der Waals surface area contributed by atoms with Crippen LogP contribution in [0.1, 0.15) is 10.5 Å². The highest BCUT2D eigenvalue weighted by Gasteiger charge is 2.21. The molecular weight excluding hydrogens is 335 g/mol. The smallest absolute Gasteiger partial charge is 0.269 e. The van der Waals surface area contributed by atoms with E-state index in [4.69, 9.17) is 0 Å². The quantitative estimate of drug-likeness (QED) is 0.582. The van der Waals surface area contributed by atoms with E-state index in [2.05, 4.69) is 25.4 Å². The molecule has 7 nitrogen and oxygen atoms in total. The predicted octanol–water partition coefficient (Wildman–Crippen LogP) is 2.37. The molecule has 1 aromatic carbocycles. The summed E-state index contributed by atoms with van der Waals surface area (Å²) < 4.78 is 16.1. The van der Waals surface area contributed by atoms with Crippen molar-refractivity contribution in [2.24, 2.45) is 0 Å². The number of H-pyrrole nitrogens is 1. The van der Waals surface area contributed by atoms with Crippen molar-refractivity contribution in [1.29, 1.82) is 0 Å². The highest BCUT2D eigenvalue weighted by molar-refractivity contribution is 5.94. The topological polar surface area (TPSA) is 88.5 Å². The number of aromatic nitrogens is 5. The van der Waals surface area contributed by atoms with Gasteiger partial charge in [0, 0.05) is 29.8 Å². The van der Waals surface area contributed by atoms with Gasteiger partial charge in [0.25, 0.3) is 5.91 Å². The molecule has 0 unspecified atom stereocenters. The van der Waals surface area contributed by atoms with Crippen molar-refractivity contribution in [2.45, 2.75) is 6.54 Å². The molecule has 0 bridgehead atoms. The monoisotopic (exact) mass is 348 g/mol. The van der Waals surface area contributed by atoms with Gasteiger partial charge in [0.05, 0.1) is 17.8 Å². The number of amides is 1. The molecule has 8 heteroatoms. The summed E-state index contributed by atoms with van der Waals surface area (Å²) in [6, 6.07) is 8.33. The van der Waals surface area contributed by atoms with Crippen LogP contribution in [0.25, 0.3) is 33.7 Å². The Balaban J connectivity index is 1.61. The van der Waals surface area contributed by atoms with Gasteiger partial charge in [-0.1, -0.05) is 0 Å². The summed E-state index contributed by atoms with van der Waals surface area (Å²) in [5.41, 5.74) is 2.70. The lowest BCUT2D eigenvalue weighted by Gasteiger charge is -2.13. The molecule has 1 aliphatic rings. The van der Waals surface area contributed by atoms with Gasteiger partial charge in [-0.3, -0.25) is 9.48 Å². The maximum absolute atomic E-state index is 14.5. The zero-order valence-corrected chi connectivity index (χ0v) is 13.5. The van der Waals surface area contributed by atoms with E-state index in [9.17, 15) is 9.18 Å². The summed E-state index contributed by atoms with van der Waals surface area (Å²) in [7, 11) is 0. The van der Waals surface area contributed by atoms with E-state index in [-0.39, 0.29) is 11.7 Å². The summed E-state index contributed by atoms with van der Waals surface area (Å²) in [5.74, 6) is -0.280. The molecule has 128 valence electrons. The normalized spacial score (nSPS) is 13.7. The molecule has 1 amide bonds. The number of aromatic amines is 1. The third-order valence-corrected chi connectivity index (χ3v) is 4.42. The number of hydrogen-bond acceptors (Lipinski definition) is 4. The molecule has 1 aliphatic heterocycles. The zero-order valence-electron chi connectivity index (χ0n) is 13.5. The molecule has 0 spiro atoms. The van der Waals surface area contributed by atoms with Crippen LogP contribution in [-0.4, -0.2) is 37.2 Å². The third-order valence-electron chi connectivity index (χ3n) is 4.42. The second kappa shape index (κ2) is 5.48. The van der Waals surface area contributed by atoms with Crippen LogP contribution in [0.5, 0.6) is 0 Å². The Hall–Kier alpha value is -3.55. The average molecular weight is 348 g/mol. The van der Waals surface area contributed by atoms with Gasteiger partial charge >= 0.3 is 0 Å².